The van der Waals surface area contributed by atoms with Gasteiger partial charge in [0.15, 0.2) is 11.6 Å². The Hall–Kier alpha value is -3.88. The molecule has 2 aromatic heterocycles. The molecule has 0 radical (unpaired) electrons. The molecule has 1 aromatic carbocycles. The van der Waals surface area contributed by atoms with Crippen molar-refractivity contribution in [3.8, 4) is 5.75 Å². The lowest BCUT2D eigenvalue weighted by atomic mass is 10.2. The second-order valence-electron chi connectivity index (χ2n) is 7.25. The smallest absolute Gasteiger partial charge is 0.322 e. The van der Waals surface area contributed by atoms with Crippen molar-refractivity contribution < 1.29 is 9.53 Å². The number of aromatic nitrogens is 3. The number of hydrogen-bond donors (Lipinski definition) is 2. The standard InChI is InChI=1S/C22H25N7O2/c1-16-5-6-19(31-2)18(14-16)25-22(30)29-12-10-28(11-13-29)21-8-7-20(26-27-21)24-17-4-3-9-23-15-17/h3-9,14-15H,10-13H2,1-2H3,(H,24,26)(H,25,30). The highest BCUT2D eigenvalue weighted by Crippen LogP contribution is 2.26. The normalized spacial score (nSPS) is 13.6. The first kappa shape index (κ1) is 20.4. The van der Waals surface area contributed by atoms with Crippen molar-refractivity contribution >= 4 is 29.0 Å². The molecule has 4 rings (SSSR count). The predicted octanol–water partition coefficient (Wildman–Crippen LogP) is 3.29. The summed E-state index contributed by atoms with van der Waals surface area (Å²) in [6, 6.07) is 13.2. The molecule has 0 aliphatic carbocycles. The number of ether oxygens (including phenoxy) is 1. The molecule has 0 unspecified atom stereocenters. The minimum absolute atomic E-state index is 0.134. The number of carbonyl (C=O) groups is 1. The van der Waals surface area contributed by atoms with E-state index in [4.69, 9.17) is 4.74 Å². The summed E-state index contributed by atoms with van der Waals surface area (Å²) in [4.78, 5) is 20.7. The second-order valence-corrected chi connectivity index (χ2v) is 7.25. The molecule has 1 fully saturated rings. The molecule has 3 heterocycles. The Kier molecular flexibility index (Phi) is 6.11. The number of hydrogen-bond acceptors (Lipinski definition) is 7. The molecule has 31 heavy (non-hydrogen) atoms. The minimum atomic E-state index is -0.134. The van der Waals surface area contributed by atoms with Gasteiger partial charge in [0.1, 0.15) is 5.75 Å². The largest absolute Gasteiger partial charge is 0.495 e. The summed E-state index contributed by atoms with van der Waals surface area (Å²) in [6.45, 7) is 4.53. The third kappa shape index (κ3) is 5.00. The number of benzene rings is 1. The van der Waals surface area contributed by atoms with Gasteiger partial charge in [-0.3, -0.25) is 4.98 Å². The number of piperazine rings is 1. The van der Waals surface area contributed by atoms with Gasteiger partial charge in [0.05, 0.1) is 24.7 Å². The van der Waals surface area contributed by atoms with Crippen molar-refractivity contribution in [2.45, 2.75) is 6.92 Å². The lowest BCUT2D eigenvalue weighted by molar-refractivity contribution is 0.208. The van der Waals surface area contributed by atoms with Crippen LogP contribution in [0.15, 0.2) is 54.9 Å². The summed E-state index contributed by atoms with van der Waals surface area (Å²) in [5.74, 6) is 2.09. The fourth-order valence-corrected chi connectivity index (χ4v) is 3.40. The van der Waals surface area contributed by atoms with E-state index in [1.165, 1.54) is 0 Å². The van der Waals surface area contributed by atoms with Gasteiger partial charge in [0.25, 0.3) is 0 Å². The number of methoxy groups -OCH3 is 1. The van der Waals surface area contributed by atoms with Crippen molar-refractivity contribution in [1.82, 2.24) is 20.1 Å². The topological polar surface area (TPSA) is 95.5 Å². The number of rotatable bonds is 5. The van der Waals surface area contributed by atoms with E-state index in [2.05, 4.69) is 30.7 Å². The molecule has 160 valence electrons. The van der Waals surface area contributed by atoms with E-state index in [1.807, 2.05) is 49.4 Å². The van der Waals surface area contributed by atoms with Crippen LogP contribution in [-0.2, 0) is 0 Å². The highest BCUT2D eigenvalue weighted by molar-refractivity contribution is 5.91. The van der Waals surface area contributed by atoms with Crippen LogP contribution < -0.4 is 20.3 Å². The Bertz CT molecular complexity index is 1020. The third-order valence-corrected chi connectivity index (χ3v) is 5.07. The Morgan fingerprint density at radius 3 is 2.58 bits per heavy atom. The van der Waals surface area contributed by atoms with Crippen molar-refractivity contribution in [3.05, 3.63) is 60.4 Å². The maximum atomic E-state index is 12.7. The molecular formula is C22H25N7O2. The van der Waals surface area contributed by atoms with E-state index in [1.54, 1.807) is 24.4 Å². The quantitative estimate of drug-likeness (QED) is 0.655. The highest BCUT2D eigenvalue weighted by Gasteiger charge is 2.23. The van der Waals surface area contributed by atoms with Crippen LogP contribution in [-0.4, -0.2) is 59.4 Å². The zero-order valence-electron chi connectivity index (χ0n) is 17.6. The van der Waals surface area contributed by atoms with Gasteiger partial charge in [-0.25, -0.2) is 4.79 Å². The number of anilines is 4. The first-order chi connectivity index (χ1) is 15.1. The Morgan fingerprint density at radius 1 is 1.06 bits per heavy atom. The SMILES string of the molecule is COc1ccc(C)cc1NC(=O)N1CCN(c2ccc(Nc3cccnc3)nn2)CC1. The van der Waals surface area contributed by atoms with E-state index in [0.29, 0.717) is 43.4 Å². The van der Waals surface area contributed by atoms with Crippen LogP contribution in [0.3, 0.4) is 0 Å². The Balaban J connectivity index is 1.32. The first-order valence-electron chi connectivity index (χ1n) is 10.1. The maximum Gasteiger partial charge on any atom is 0.322 e. The molecule has 1 saturated heterocycles. The molecule has 9 heteroatoms. The minimum Gasteiger partial charge on any atom is -0.495 e. The number of urea groups is 1. The van der Waals surface area contributed by atoms with E-state index in [-0.39, 0.29) is 6.03 Å². The molecule has 0 spiro atoms. The van der Waals surface area contributed by atoms with Crippen LogP contribution in [0.2, 0.25) is 0 Å². The van der Waals surface area contributed by atoms with Gasteiger partial charge < -0.3 is 25.2 Å². The molecular weight excluding hydrogens is 394 g/mol. The van der Waals surface area contributed by atoms with Crippen LogP contribution in [0.5, 0.6) is 5.75 Å². The first-order valence-corrected chi connectivity index (χ1v) is 10.1. The molecule has 0 saturated carbocycles. The molecule has 0 bridgehead atoms. The van der Waals surface area contributed by atoms with Gasteiger partial charge in [-0.05, 0) is 48.9 Å². The zero-order chi connectivity index (χ0) is 21.6. The zero-order valence-corrected chi connectivity index (χ0v) is 17.6. The van der Waals surface area contributed by atoms with Crippen LogP contribution in [0.4, 0.5) is 27.8 Å². The van der Waals surface area contributed by atoms with Gasteiger partial charge in [0.2, 0.25) is 0 Å². The summed E-state index contributed by atoms with van der Waals surface area (Å²) in [6.07, 6.45) is 3.45. The van der Waals surface area contributed by atoms with Crippen LogP contribution in [0.1, 0.15) is 5.56 Å². The summed E-state index contributed by atoms with van der Waals surface area (Å²) in [5.41, 5.74) is 2.59. The van der Waals surface area contributed by atoms with Crippen LogP contribution in [0, 0.1) is 6.92 Å². The molecule has 2 amide bonds. The second kappa shape index (κ2) is 9.29. The molecule has 9 nitrogen and oxygen atoms in total. The van der Waals surface area contributed by atoms with Crippen molar-refractivity contribution in [2.75, 3.05) is 48.8 Å². The summed E-state index contributed by atoms with van der Waals surface area (Å²) in [7, 11) is 1.59. The molecule has 0 atom stereocenters. The fourth-order valence-electron chi connectivity index (χ4n) is 3.40. The van der Waals surface area contributed by atoms with E-state index in [0.717, 1.165) is 17.1 Å². The van der Waals surface area contributed by atoms with Crippen LogP contribution in [0.25, 0.3) is 0 Å². The lowest BCUT2D eigenvalue weighted by Crippen LogP contribution is -2.50. The molecule has 1 aliphatic rings. The van der Waals surface area contributed by atoms with Gasteiger partial charge in [-0.15, -0.1) is 10.2 Å². The summed E-state index contributed by atoms with van der Waals surface area (Å²) < 4.78 is 5.35. The van der Waals surface area contributed by atoms with Gasteiger partial charge in [0, 0.05) is 32.4 Å². The van der Waals surface area contributed by atoms with E-state index >= 15 is 0 Å². The van der Waals surface area contributed by atoms with Crippen molar-refractivity contribution in [2.24, 2.45) is 0 Å². The number of amides is 2. The summed E-state index contributed by atoms with van der Waals surface area (Å²) in [5, 5.41) is 14.7. The Morgan fingerprint density at radius 2 is 1.90 bits per heavy atom. The number of nitrogens with one attached hydrogen (secondary N) is 2. The molecule has 3 aromatic rings. The molecule has 2 N–H and O–H groups in total. The average molecular weight is 419 g/mol. The van der Waals surface area contributed by atoms with E-state index in [9.17, 15) is 4.79 Å². The number of nitrogens with zero attached hydrogens (tertiary/aromatic N) is 5. The van der Waals surface area contributed by atoms with Gasteiger partial charge in [-0.1, -0.05) is 6.07 Å². The lowest BCUT2D eigenvalue weighted by Gasteiger charge is -2.35. The summed E-state index contributed by atoms with van der Waals surface area (Å²) >= 11 is 0. The predicted molar refractivity (Wildman–Crippen MR) is 120 cm³/mol. The number of pyridine rings is 1. The maximum absolute atomic E-state index is 12.7. The number of carbonyl (C=O) groups excluding carboxylic acids is 1. The van der Waals surface area contributed by atoms with Crippen molar-refractivity contribution in [3.63, 3.8) is 0 Å². The highest BCUT2D eigenvalue weighted by atomic mass is 16.5. The number of aryl methyl sites for hydroxylation is 1. The third-order valence-electron chi connectivity index (χ3n) is 5.07. The monoisotopic (exact) mass is 419 g/mol. The van der Waals surface area contributed by atoms with E-state index < -0.39 is 0 Å². The van der Waals surface area contributed by atoms with Gasteiger partial charge in [-0.2, -0.15) is 0 Å². The average Bonchev–Trinajstić information content (AvgIpc) is 2.80. The Labute approximate surface area is 181 Å². The van der Waals surface area contributed by atoms with Crippen molar-refractivity contribution in [1.29, 1.82) is 0 Å². The van der Waals surface area contributed by atoms with Gasteiger partial charge >= 0.3 is 6.03 Å². The molecule has 1 aliphatic heterocycles. The fraction of sp³-hybridized carbons (Fsp3) is 0.273. The van der Waals surface area contributed by atoms with Crippen LogP contribution >= 0.6 is 0 Å².